The summed E-state index contributed by atoms with van der Waals surface area (Å²) in [6, 6.07) is 4.45. The number of hydrogen-bond donors (Lipinski definition) is 1. The highest BCUT2D eigenvalue weighted by atomic mass is 19.4. The van der Waals surface area contributed by atoms with Crippen LogP contribution in [0, 0.1) is 6.92 Å². The molecular formula is C15H19F3N4O2. The predicted octanol–water partition coefficient (Wildman–Crippen LogP) is 1.42. The van der Waals surface area contributed by atoms with Gasteiger partial charge in [0.2, 0.25) is 11.8 Å². The molecule has 1 N–H and O–H groups in total. The molecule has 24 heavy (non-hydrogen) atoms. The molecule has 1 atom stereocenters. The molecule has 0 aromatic carbocycles. The van der Waals surface area contributed by atoms with Crippen LogP contribution in [0.5, 0.6) is 0 Å². The third-order valence-electron chi connectivity index (χ3n) is 3.72. The summed E-state index contributed by atoms with van der Waals surface area (Å²) < 4.78 is 37.2. The molecule has 2 heterocycles. The summed E-state index contributed by atoms with van der Waals surface area (Å²) in [4.78, 5) is 30.4. The van der Waals surface area contributed by atoms with Gasteiger partial charge in [0, 0.05) is 12.2 Å². The van der Waals surface area contributed by atoms with Crippen molar-refractivity contribution in [3.63, 3.8) is 0 Å². The van der Waals surface area contributed by atoms with Crippen LogP contribution in [0.4, 0.5) is 19.0 Å². The number of aryl methyl sites for hydroxylation is 1. The van der Waals surface area contributed by atoms with Crippen LogP contribution in [-0.2, 0) is 9.59 Å². The van der Waals surface area contributed by atoms with Gasteiger partial charge in [-0.1, -0.05) is 6.07 Å². The zero-order valence-corrected chi connectivity index (χ0v) is 13.4. The van der Waals surface area contributed by atoms with Gasteiger partial charge in [-0.2, -0.15) is 13.2 Å². The van der Waals surface area contributed by atoms with Gasteiger partial charge in [-0.15, -0.1) is 0 Å². The number of rotatable bonds is 5. The SMILES string of the molecule is Cc1cccc(NC(=O)CN(C)[C@H]2CCN(CC(F)(F)F)C2=O)n1. The minimum Gasteiger partial charge on any atom is -0.332 e. The van der Waals surface area contributed by atoms with Gasteiger partial charge in [0.15, 0.2) is 0 Å². The number of carbonyl (C=O) groups excluding carboxylic acids is 2. The van der Waals surface area contributed by atoms with E-state index in [0.717, 1.165) is 10.6 Å². The highest BCUT2D eigenvalue weighted by Crippen LogP contribution is 2.22. The molecule has 2 rings (SSSR count). The summed E-state index contributed by atoms with van der Waals surface area (Å²) in [5.74, 6) is -0.584. The van der Waals surface area contributed by atoms with Crippen LogP contribution in [0.25, 0.3) is 0 Å². The monoisotopic (exact) mass is 344 g/mol. The van der Waals surface area contributed by atoms with Crippen molar-refractivity contribution in [2.24, 2.45) is 0 Å². The van der Waals surface area contributed by atoms with Crippen LogP contribution >= 0.6 is 0 Å². The van der Waals surface area contributed by atoms with Crippen molar-refractivity contribution >= 4 is 17.6 Å². The Morgan fingerprint density at radius 1 is 1.46 bits per heavy atom. The summed E-state index contributed by atoms with van der Waals surface area (Å²) in [7, 11) is 1.54. The van der Waals surface area contributed by atoms with Crippen molar-refractivity contribution < 1.29 is 22.8 Å². The van der Waals surface area contributed by atoms with Gasteiger partial charge < -0.3 is 10.2 Å². The van der Waals surface area contributed by atoms with Gasteiger partial charge in [0.25, 0.3) is 0 Å². The molecule has 1 aliphatic heterocycles. The van der Waals surface area contributed by atoms with Crippen LogP contribution in [0.3, 0.4) is 0 Å². The van der Waals surface area contributed by atoms with E-state index in [-0.39, 0.29) is 25.4 Å². The van der Waals surface area contributed by atoms with Crippen LogP contribution < -0.4 is 5.32 Å². The lowest BCUT2D eigenvalue weighted by molar-refractivity contribution is -0.159. The van der Waals surface area contributed by atoms with Gasteiger partial charge in [-0.3, -0.25) is 14.5 Å². The molecule has 1 aliphatic rings. The fourth-order valence-corrected chi connectivity index (χ4v) is 2.64. The summed E-state index contributed by atoms with van der Waals surface area (Å²) in [6.07, 6.45) is -4.15. The number of likely N-dealkylation sites (tertiary alicyclic amines) is 1. The number of carbonyl (C=O) groups is 2. The number of anilines is 1. The molecule has 9 heteroatoms. The predicted molar refractivity (Wildman–Crippen MR) is 81.3 cm³/mol. The molecule has 2 amide bonds. The fraction of sp³-hybridized carbons (Fsp3) is 0.533. The van der Waals surface area contributed by atoms with Crippen molar-refractivity contribution in [2.75, 3.05) is 32.0 Å². The van der Waals surface area contributed by atoms with E-state index in [2.05, 4.69) is 10.3 Å². The van der Waals surface area contributed by atoms with Crippen LogP contribution in [0.15, 0.2) is 18.2 Å². The molecular weight excluding hydrogens is 325 g/mol. The molecule has 1 aromatic heterocycles. The molecule has 6 nitrogen and oxygen atoms in total. The van der Waals surface area contributed by atoms with Gasteiger partial charge in [-0.05, 0) is 32.5 Å². The van der Waals surface area contributed by atoms with Crippen LogP contribution in [0.1, 0.15) is 12.1 Å². The molecule has 1 saturated heterocycles. The third kappa shape index (κ3) is 4.92. The number of hydrogen-bond acceptors (Lipinski definition) is 4. The Morgan fingerprint density at radius 3 is 2.79 bits per heavy atom. The number of amides is 2. The smallest absolute Gasteiger partial charge is 0.332 e. The van der Waals surface area contributed by atoms with Crippen LogP contribution in [-0.4, -0.2) is 65.5 Å². The van der Waals surface area contributed by atoms with Gasteiger partial charge in [0.05, 0.1) is 12.6 Å². The van der Waals surface area contributed by atoms with E-state index in [1.165, 1.54) is 4.90 Å². The first-order chi connectivity index (χ1) is 11.2. The van der Waals surface area contributed by atoms with E-state index in [1.807, 2.05) is 0 Å². The van der Waals surface area contributed by atoms with E-state index < -0.39 is 24.7 Å². The molecule has 0 unspecified atom stereocenters. The Bertz CT molecular complexity index is 621. The first kappa shape index (κ1) is 18.2. The number of halogens is 3. The minimum absolute atomic E-state index is 0.0361. The number of alkyl halides is 3. The summed E-state index contributed by atoms with van der Waals surface area (Å²) in [6.45, 7) is 0.462. The molecule has 0 saturated carbocycles. The Hall–Kier alpha value is -2.16. The average Bonchev–Trinajstić information content (AvgIpc) is 2.78. The maximum Gasteiger partial charge on any atom is 0.406 e. The Balaban J connectivity index is 1.89. The fourth-order valence-electron chi connectivity index (χ4n) is 2.64. The van der Waals surface area contributed by atoms with Crippen molar-refractivity contribution in [3.05, 3.63) is 23.9 Å². The van der Waals surface area contributed by atoms with Crippen LogP contribution in [0.2, 0.25) is 0 Å². The van der Waals surface area contributed by atoms with E-state index in [1.54, 1.807) is 32.2 Å². The second-order valence-corrected chi connectivity index (χ2v) is 5.81. The van der Waals surface area contributed by atoms with E-state index >= 15 is 0 Å². The first-order valence-corrected chi connectivity index (χ1v) is 7.45. The quantitative estimate of drug-likeness (QED) is 0.877. The molecule has 0 aliphatic carbocycles. The van der Waals surface area contributed by atoms with E-state index in [4.69, 9.17) is 0 Å². The number of nitrogens with one attached hydrogen (secondary N) is 1. The summed E-state index contributed by atoms with van der Waals surface area (Å²) >= 11 is 0. The highest BCUT2D eigenvalue weighted by Gasteiger charge is 2.40. The molecule has 1 fully saturated rings. The van der Waals surface area contributed by atoms with Gasteiger partial charge in [-0.25, -0.2) is 4.98 Å². The zero-order valence-electron chi connectivity index (χ0n) is 13.4. The molecule has 1 aromatic rings. The van der Waals surface area contributed by atoms with Crippen molar-refractivity contribution in [2.45, 2.75) is 25.6 Å². The van der Waals surface area contributed by atoms with E-state index in [0.29, 0.717) is 5.82 Å². The average molecular weight is 344 g/mol. The van der Waals surface area contributed by atoms with E-state index in [9.17, 15) is 22.8 Å². The molecule has 132 valence electrons. The third-order valence-corrected chi connectivity index (χ3v) is 3.72. The van der Waals surface area contributed by atoms with Gasteiger partial charge in [0.1, 0.15) is 12.4 Å². The molecule has 0 spiro atoms. The lowest BCUT2D eigenvalue weighted by atomic mass is 10.2. The highest BCUT2D eigenvalue weighted by molar-refractivity contribution is 5.92. The Kier molecular flexibility index (Phi) is 5.43. The van der Waals surface area contributed by atoms with Crippen molar-refractivity contribution in [1.82, 2.24) is 14.8 Å². The zero-order chi connectivity index (χ0) is 17.9. The topological polar surface area (TPSA) is 65.5 Å². The normalized spacial score (nSPS) is 18.3. The lowest BCUT2D eigenvalue weighted by Crippen LogP contribution is -2.44. The van der Waals surface area contributed by atoms with Crippen molar-refractivity contribution in [1.29, 1.82) is 0 Å². The minimum atomic E-state index is -4.42. The largest absolute Gasteiger partial charge is 0.406 e. The summed E-state index contributed by atoms with van der Waals surface area (Å²) in [5.41, 5.74) is 0.745. The number of aromatic nitrogens is 1. The second-order valence-electron chi connectivity index (χ2n) is 5.81. The molecule has 0 radical (unpaired) electrons. The Labute approximate surface area is 137 Å². The first-order valence-electron chi connectivity index (χ1n) is 7.45. The van der Waals surface area contributed by atoms with Crippen molar-refractivity contribution in [3.8, 4) is 0 Å². The maximum atomic E-state index is 12.4. The molecule has 0 bridgehead atoms. The lowest BCUT2D eigenvalue weighted by Gasteiger charge is -2.23. The number of nitrogens with zero attached hydrogens (tertiary/aromatic N) is 3. The summed E-state index contributed by atoms with van der Waals surface area (Å²) in [5, 5.41) is 2.60. The standard InChI is InChI=1S/C15H19F3N4O2/c1-10-4-3-5-12(19-10)20-13(23)8-21(2)11-6-7-22(14(11)24)9-15(16,17)18/h3-5,11H,6-9H2,1-2H3,(H,19,20,23)/t11-/m0/s1. The number of likely N-dealkylation sites (N-methyl/N-ethyl adjacent to an activating group) is 1. The second kappa shape index (κ2) is 7.16. The number of pyridine rings is 1. The maximum absolute atomic E-state index is 12.4. The van der Waals surface area contributed by atoms with Gasteiger partial charge >= 0.3 is 6.18 Å². The Morgan fingerprint density at radius 2 is 2.17 bits per heavy atom.